The Balaban J connectivity index is 2.40. The molecule has 0 bridgehead atoms. The van der Waals surface area contributed by atoms with Gasteiger partial charge in [-0.25, -0.2) is 9.97 Å². The highest BCUT2D eigenvalue weighted by Crippen LogP contribution is 2.32. The van der Waals surface area contributed by atoms with Gasteiger partial charge in [0.25, 0.3) is 0 Å². The number of hydrogen-bond acceptors (Lipinski definition) is 5. The van der Waals surface area contributed by atoms with E-state index in [1.165, 1.54) is 12.4 Å². The van der Waals surface area contributed by atoms with Gasteiger partial charge in [0, 0.05) is 12.3 Å². The van der Waals surface area contributed by atoms with Gasteiger partial charge in [-0.15, -0.1) is 0 Å². The highest BCUT2D eigenvalue weighted by atomic mass is 127. The van der Waals surface area contributed by atoms with Gasteiger partial charge in [0.2, 0.25) is 11.6 Å². The van der Waals surface area contributed by atoms with Gasteiger partial charge in [0.05, 0.1) is 8.49 Å². The van der Waals surface area contributed by atoms with Gasteiger partial charge in [-0.1, -0.05) is 13.0 Å². The molecule has 98 valence electrons. The topological polar surface area (TPSA) is 78.2 Å². The monoisotopic (exact) mass is 371 g/mol. The molecular formula is C12H10IN3O3. The SMILES string of the molecule is CCc1ccc(Oc2ncncc2I)c([N+](=O)[O-])c1. The Morgan fingerprint density at radius 1 is 1.47 bits per heavy atom. The third-order valence-electron chi connectivity index (χ3n) is 2.47. The van der Waals surface area contributed by atoms with E-state index in [4.69, 9.17) is 4.74 Å². The van der Waals surface area contributed by atoms with Crippen LogP contribution in [0.5, 0.6) is 11.6 Å². The fourth-order valence-electron chi connectivity index (χ4n) is 1.49. The number of nitro benzene ring substituents is 1. The fraction of sp³-hybridized carbons (Fsp3) is 0.167. The molecule has 0 unspecified atom stereocenters. The predicted octanol–water partition coefficient (Wildman–Crippen LogP) is 3.34. The standard InChI is InChI=1S/C12H10IN3O3/c1-2-8-3-4-11(10(5-8)16(17)18)19-12-9(13)6-14-7-15-12/h3-7H,2H2,1H3. The number of benzene rings is 1. The molecule has 0 fully saturated rings. The van der Waals surface area contributed by atoms with Crippen molar-refractivity contribution in [3.63, 3.8) is 0 Å². The van der Waals surface area contributed by atoms with Crippen LogP contribution in [0.15, 0.2) is 30.7 Å². The molecule has 2 rings (SSSR count). The zero-order valence-electron chi connectivity index (χ0n) is 10.0. The van der Waals surface area contributed by atoms with Crippen LogP contribution in [0.1, 0.15) is 12.5 Å². The van der Waals surface area contributed by atoms with Gasteiger partial charge >= 0.3 is 5.69 Å². The molecule has 2 aromatic rings. The molecule has 0 radical (unpaired) electrons. The molecule has 0 aliphatic carbocycles. The second-order valence-corrected chi connectivity index (χ2v) is 4.85. The van der Waals surface area contributed by atoms with E-state index >= 15 is 0 Å². The van der Waals surface area contributed by atoms with Crippen LogP contribution in [0.3, 0.4) is 0 Å². The summed E-state index contributed by atoms with van der Waals surface area (Å²) < 4.78 is 6.19. The van der Waals surface area contributed by atoms with E-state index in [-0.39, 0.29) is 11.4 Å². The molecule has 0 amide bonds. The van der Waals surface area contributed by atoms with Crippen molar-refractivity contribution in [2.45, 2.75) is 13.3 Å². The number of hydrogen-bond donors (Lipinski definition) is 0. The van der Waals surface area contributed by atoms with Crippen LogP contribution in [0.2, 0.25) is 0 Å². The fourth-order valence-corrected chi connectivity index (χ4v) is 1.90. The maximum Gasteiger partial charge on any atom is 0.311 e. The van der Waals surface area contributed by atoms with Gasteiger partial charge in [-0.2, -0.15) is 0 Å². The van der Waals surface area contributed by atoms with Crippen molar-refractivity contribution in [3.8, 4) is 11.6 Å². The lowest BCUT2D eigenvalue weighted by atomic mass is 10.1. The Morgan fingerprint density at radius 2 is 2.26 bits per heavy atom. The number of rotatable bonds is 4. The molecule has 0 aliphatic rings. The number of nitro groups is 1. The van der Waals surface area contributed by atoms with Crippen LogP contribution in [0, 0.1) is 13.7 Å². The lowest BCUT2D eigenvalue weighted by Crippen LogP contribution is -1.97. The zero-order chi connectivity index (χ0) is 13.8. The summed E-state index contributed by atoms with van der Waals surface area (Å²) in [5.41, 5.74) is 0.824. The first-order valence-electron chi connectivity index (χ1n) is 5.52. The third-order valence-corrected chi connectivity index (χ3v) is 3.21. The lowest BCUT2D eigenvalue weighted by Gasteiger charge is -2.07. The molecule has 0 saturated heterocycles. The highest BCUT2D eigenvalue weighted by molar-refractivity contribution is 14.1. The van der Waals surface area contributed by atoms with Crippen LogP contribution in [0.4, 0.5) is 5.69 Å². The average molecular weight is 371 g/mol. The van der Waals surface area contributed by atoms with Crippen molar-refractivity contribution in [1.82, 2.24) is 9.97 Å². The summed E-state index contributed by atoms with van der Waals surface area (Å²) in [6.07, 6.45) is 3.64. The first kappa shape index (κ1) is 13.7. The Kier molecular flexibility index (Phi) is 4.25. The molecule has 0 aliphatic heterocycles. The number of aromatic nitrogens is 2. The highest BCUT2D eigenvalue weighted by Gasteiger charge is 2.17. The van der Waals surface area contributed by atoms with E-state index < -0.39 is 4.92 Å². The summed E-state index contributed by atoms with van der Waals surface area (Å²) >= 11 is 2.01. The van der Waals surface area contributed by atoms with Crippen LogP contribution in [-0.2, 0) is 6.42 Å². The molecule has 19 heavy (non-hydrogen) atoms. The second-order valence-electron chi connectivity index (χ2n) is 3.69. The summed E-state index contributed by atoms with van der Waals surface area (Å²) in [6.45, 7) is 1.94. The zero-order valence-corrected chi connectivity index (χ0v) is 12.2. The minimum absolute atomic E-state index is 0.0613. The summed E-state index contributed by atoms with van der Waals surface area (Å²) in [5.74, 6) is 0.488. The number of halogens is 1. The van der Waals surface area contributed by atoms with E-state index in [0.29, 0.717) is 9.45 Å². The summed E-state index contributed by atoms with van der Waals surface area (Å²) in [5, 5.41) is 11.1. The molecule has 7 heteroatoms. The summed E-state index contributed by atoms with van der Waals surface area (Å²) in [4.78, 5) is 18.4. The van der Waals surface area contributed by atoms with Crippen molar-refractivity contribution >= 4 is 28.3 Å². The quantitative estimate of drug-likeness (QED) is 0.468. The van der Waals surface area contributed by atoms with Crippen molar-refractivity contribution in [1.29, 1.82) is 0 Å². The molecule has 0 N–H and O–H groups in total. The van der Waals surface area contributed by atoms with E-state index in [9.17, 15) is 10.1 Å². The van der Waals surface area contributed by atoms with Gasteiger partial charge in [-0.05, 0) is 40.6 Å². The minimum atomic E-state index is -0.456. The second kappa shape index (κ2) is 5.91. The number of aryl methyl sites for hydroxylation is 1. The van der Waals surface area contributed by atoms with Crippen molar-refractivity contribution in [2.24, 2.45) is 0 Å². The van der Waals surface area contributed by atoms with Crippen LogP contribution < -0.4 is 4.74 Å². The van der Waals surface area contributed by atoms with Crippen molar-refractivity contribution in [2.75, 3.05) is 0 Å². The molecule has 0 spiro atoms. The predicted molar refractivity (Wildman–Crippen MR) is 77.3 cm³/mol. The molecule has 1 aromatic heterocycles. The van der Waals surface area contributed by atoms with Crippen molar-refractivity contribution < 1.29 is 9.66 Å². The van der Waals surface area contributed by atoms with E-state index in [1.807, 2.05) is 29.5 Å². The number of ether oxygens (including phenoxy) is 1. The maximum atomic E-state index is 11.1. The summed E-state index contributed by atoms with van der Waals surface area (Å²) in [7, 11) is 0. The summed E-state index contributed by atoms with van der Waals surface area (Å²) in [6, 6.07) is 4.91. The van der Waals surface area contributed by atoms with E-state index in [0.717, 1.165) is 12.0 Å². The lowest BCUT2D eigenvalue weighted by molar-refractivity contribution is -0.385. The van der Waals surface area contributed by atoms with Crippen molar-refractivity contribution in [3.05, 3.63) is 50.0 Å². The first-order chi connectivity index (χ1) is 9.11. The van der Waals surface area contributed by atoms with Gasteiger partial charge < -0.3 is 4.74 Å². The smallest absolute Gasteiger partial charge is 0.311 e. The molecule has 1 heterocycles. The molecule has 0 saturated carbocycles. The van der Waals surface area contributed by atoms with E-state index in [2.05, 4.69) is 9.97 Å². The van der Waals surface area contributed by atoms with Crippen LogP contribution in [0.25, 0.3) is 0 Å². The Morgan fingerprint density at radius 3 is 2.89 bits per heavy atom. The molecule has 6 nitrogen and oxygen atoms in total. The van der Waals surface area contributed by atoms with Gasteiger partial charge in [0.15, 0.2) is 0 Å². The maximum absolute atomic E-state index is 11.1. The van der Waals surface area contributed by atoms with Gasteiger partial charge in [-0.3, -0.25) is 10.1 Å². The molecule has 1 aromatic carbocycles. The normalized spacial score (nSPS) is 10.2. The Labute approximate surface area is 123 Å². The van der Waals surface area contributed by atoms with Gasteiger partial charge in [0.1, 0.15) is 6.33 Å². The Bertz CT molecular complexity index is 619. The van der Waals surface area contributed by atoms with Crippen LogP contribution >= 0.6 is 22.6 Å². The minimum Gasteiger partial charge on any atom is -0.431 e. The molecule has 0 atom stereocenters. The Hall–Kier alpha value is -1.77. The first-order valence-corrected chi connectivity index (χ1v) is 6.60. The average Bonchev–Trinajstić information content (AvgIpc) is 2.41. The molecular weight excluding hydrogens is 361 g/mol. The third kappa shape index (κ3) is 3.16. The number of nitrogens with zero attached hydrogens (tertiary/aromatic N) is 3. The van der Waals surface area contributed by atoms with E-state index in [1.54, 1.807) is 18.3 Å². The van der Waals surface area contributed by atoms with Crippen LogP contribution in [-0.4, -0.2) is 14.9 Å². The largest absolute Gasteiger partial charge is 0.431 e.